The van der Waals surface area contributed by atoms with E-state index in [4.69, 9.17) is 5.11 Å². The van der Waals surface area contributed by atoms with E-state index in [0.29, 0.717) is 6.61 Å². The van der Waals surface area contributed by atoms with Crippen LogP contribution < -0.4 is 0 Å². The molecule has 0 saturated carbocycles. The zero-order valence-corrected chi connectivity index (χ0v) is 11.4. The first-order valence-electron chi connectivity index (χ1n) is 7.75. The predicted octanol–water partition coefficient (Wildman–Crippen LogP) is 3.33. The van der Waals surface area contributed by atoms with Crippen LogP contribution in [-0.4, -0.2) is 34.7 Å². The Hall–Kier alpha value is -0.0800. The van der Waals surface area contributed by atoms with Gasteiger partial charge in [0.15, 0.2) is 0 Å². The van der Waals surface area contributed by atoms with Gasteiger partial charge in [-0.3, -0.25) is 4.90 Å². The van der Waals surface area contributed by atoms with Crippen LogP contribution in [0.2, 0.25) is 0 Å². The quantitative estimate of drug-likeness (QED) is 0.768. The molecule has 2 fully saturated rings. The lowest BCUT2D eigenvalue weighted by Crippen LogP contribution is -2.47. The lowest BCUT2D eigenvalue weighted by atomic mass is 9.93. The standard InChI is InChI=1S/C15H29NO/c1-2-3-6-14-10-11-15-8-4-7-13(16(14)15)9-5-12-17/h13-15,17H,2-12H2,1H3. The molecule has 2 rings (SSSR count). The van der Waals surface area contributed by atoms with Crippen LogP contribution in [0.25, 0.3) is 0 Å². The van der Waals surface area contributed by atoms with E-state index in [0.717, 1.165) is 24.5 Å². The summed E-state index contributed by atoms with van der Waals surface area (Å²) < 4.78 is 0. The summed E-state index contributed by atoms with van der Waals surface area (Å²) in [5.41, 5.74) is 0. The highest BCUT2D eigenvalue weighted by molar-refractivity contribution is 4.94. The first-order valence-corrected chi connectivity index (χ1v) is 7.75. The van der Waals surface area contributed by atoms with Crippen molar-refractivity contribution in [3.63, 3.8) is 0 Å². The molecule has 2 heterocycles. The molecule has 0 aromatic heterocycles. The van der Waals surface area contributed by atoms with Crippen molar-refractivity contribution in [2.24, 2.45) is 0 Å². The van der Waals surface area contributed by atoms with E-state index in [1.54, 1.807) is 0 Å². The zero-order chi connectivity index (χ0) is 12.1. The summed E-state index contributed by atoms with van der Waals surface area (Å²) in [5.74, 6) is 0. The molecule has 0 radical (unpaired) electrons. The molecule has 2 saturated heterocycles. The van der Waals surface area contributed by atoms with Crippen LogP contribution in [0.1, 0.15) is 71.1 Å². The van der Waals surface area contributed by atoms with E-state index >= 15 is 0 Å². The monoisotopic (exact) mass is 239 g/mol. The van der Waals surface area contributed by atoms with E-state index < -0.39 is 0 Å². The van der Waals surface area contributed by atoms with Crippen LogP contribution in [-0.2, 0) is 0 Å². The largest absolute Gasteiger partial charge is 0.396 e. The molecular weight excluding hydrogens is 210 g/mol. The highest BCUT2D eigenvalue weighted by Crippen LogP contribution is 2.38. The summed E-state index contributed by atoms with van der Waals surface area (Å²) in [7, 11) is 0. The molecule has 2 nitrogen and oxygen atoms in total. The van der Waals surface area contributed by atoms with Crippen LogP contribution in [0.15, 0.2) is 0 Å². The summed E-state index contributed by atoms with van der Waals surface area (Å²) >= 11 is 0. The summed E-state index contributed by atoms with van der Waals surface area (Å²) in [4.78, 5) is 2.86. The van der Waals surface area contributed by atoms with Gasteiger partial charge in [-0.1, -0.05) is 26.2 Å². The summed E-state index contributed by atoms with van der Waals surface area (Å²) in [6.45, 7) is 2.67. The molecule has 0 bridgehead atoms. The number of rotatable bonds is 6. The fourth-order valence-corrected chi connectivity index (χ4v) is 3.96. The Kier molecular flexibility index (Phi) is 5.30. The molecule has 17 heavy (non-hydrogen) atoms. The second-order valence-electron chi connectivity index (χ2n) is 5.93. The molecule has 0 amide bonds. The van der Waals surface area contributed by atoms with E-state index in [2.05, 4.69) is 11.8 Å². The molecule has 1 N–H and O–H groups in total. The first-order chi connectivity index (χ1) is 8.36. The molecule has 2 aliphatic heterocycles. The molecule has 0 aromatic rings. The molecule has 0 aromatic carbocycles. The van der Waals surface area contributed by atoms with Gasteiger partial charge in [0, 0.05) is 24.7 Å². The summed E-state index contributed by atoms with van der Waals surface area (Å²) in [6, 6.07) is 2.53. The fraction of sp³-hybridized carbons (Fsp3) is 1.00. The lowest BCUT2D eigenvalue weighted by Gasteiger charge is -2.41. The van der Waals surface area contributed by atoms with Crippen molar-refractivity contribution in [2.75, 3.05) is 6.61 Å². The van der Waals surface area contributed by atoms with Crippen molar-refractivity contribution in [3.8, 4) is 0 Å². The minimum atomic E-state index is 0.370. The maximum absolute atomic E-state index is 9.03. The molecule has 100 valence electrons. The Balaban J connectivity index is 1.91. The SMILES string of the molecule is CCCCC1CCC2CCCC(CCCO)N12. The number of unbranched alkanes of at least 4 members (excludes halogenated alkanes) is 1. The Morgan fingerprint density at radius 3 is 2.53 bits per heavy atom. The van der Waals surface area contributed by atoms with Crippen molar-refractivity contribution in [2.45, 2.75) is 89.3 Å². The van der Waals surface area contributed by atoms with Gasteiger partial charge in [0.05, 0.1) is 0 Å². The highest BCUT2D eigenvalue weighted by Gasteiger charge is 2.39. The smallest absolute Gasteiger partial charge is 0.0431 e. The molecule has 2 heteroatoms. The molecular formula is C15H29NO. The van der Waals surface area contributed by atoms with Crippen molar-refractivity contribution < 1.29 is 5.11 Å². The van der Waals surface area contributed by atoms with Gasteiger partial charge in [0.2, 0.25) is 0 Å². The Bertz CT molecular complexity index is 219. The number of hydrogen-bond donors (Lipinski definition) is 1. The van der Waals surface area contributed by atoms with Gasteiger partial charge in [0.25, 0.3) is 0 Å². The average molecular weight is 239 g/mol. The van der Waals surface area contributed by atoms with Gasteiger partial charge in [-0.15, -0.1) is 0 Å². The molecule has 3 atom stereocenters. The molecule has 0 aliphatic carbocycles. The van der Waals surface area contributed by atoms with Gasteiger partial charge >= 0.3 is 0 Å². The second-order valence-corrected chi connectivity index (χ2v) is 5.93. The second kappa shape index (κ2) is 6.75. The fourth-order valence-electron chi connectivity index (χ4n) is 3.96. The Morgan fingerprint density at radius 2 is 1.76 bits per heavy atom. The van der Waals surface area contributed by atoms with Crippen molar-refractivity contribution in [3.05, 3.63) is 0 Å². The minimum absolute atomic E-state index is 0.370. The third kappa shape index (κ3) is 3.23. The van der Waals surface area contributed by atoms with Gasteiger partial charge in [-0.05, 0) is 44.9 Å². The van der Waals surface area contributed by atoms with Crippen LogP contribution in [0.3, 0.4) is 0 Å². The van der Waals surface area contributed by atoms with Crippen molar-refractivity contribution in [1.82, 2.24) is 4.90 Å². The van der Waals surface area contributed by atoms with Crippen molar-refractivity contribution in [1.29, 1.82) is 0 Å². The van der Waals surface area contributed by atoms with Crippen LogP contribution in [0.4, 0.5) is 0 Å². The van der Waals surface area contributed by atoms with E-state index in [1.807, 2.05) is 0 Å². The van der Waals surface area contributed by atoms with Gasteiger partial charge in [-0.25, -0.2) is 0 Å². The van der Waals surface area contributed by atoms with Crippen LogP contribution >= 0.6 is 0 Å². The maximum atomic E-state index is 9.03. The third-order valence-corrected chi connectivity index (χ3v) is 4.76. The summed E-state index contributed by atoms with van der Waals surface area (Å²) in [5, 5.41) is 9.03. The summed E-state index contributed by atoms with van der Waals surface area (Å²) in [6.07, 6.45) is 13.4. The molecule has 2 aliphatic rings. The minimum Gasteiger partial charge on any atom is -0.396 e. The number of hydrogen-bond acceptors (Lipinski definition) is 2. The lowest BCUT2D eigenvalue weighted by molar-refractivity contribution is 0.0674. The first kappa shape index (κ1) is 13.4. The van der Waals surface area contributed by atoms with Gasteiger partial charge < -0.3 is 5.11 Å². The van der Waals surface area contributed by atoms with Crippen LogP contribution in [0.5, 0.6) is 0 Å². The number of nitrogens with zero attached hydrogens (tertiary/aromatic N) is 1. The van der Waals surface area contributed by atoms with Crippen LogP contribution in [0, 0.1) is 0 Å². The Labute approximate surface area is 106 Å². The number of aliphatic hydroxyl groups is 1. The number of aliphatic hydroxyl groups excluding tert-OH is 1. The van der Waals surface area contributed by atoms with Crippen molar-refractivity contribution >= 4 is 0 Å². The van der Waals surface area contributed by atoms with E-state index in [-0.39, 0.29) is 0 Å². The normalized spacial score (nSPS) is 33.9. The number of fused-ring (bicyclic) bond motifs is 1. The van der Waals surface area contributed by atoms with E-state index in [9.17, 15) is 0 Å². The maximum Gasteiger partial charge on any atom is 0.0431 e. The highest BCUT2D eigenvalue weighted by atomic mass is 16.2. The molecule has 3 unspecified atom stereocenters. The molecule has 0 spiro atoms. The Morgan fingerprint density at radius 1 is 1.00 bits per heavy atom. The predicted molar refractivity (Wildman–Crippen MR) is 72.1 cm³/mol. The third-order valence-electron chi connectivity index (χ3n) is 4.76. The topological polar surface area (TPSA) is 23.5 Å². The number of piperidine rings is 1. The zero-order valence-electron chi connectivity index (χ0n) is 11.4. The average Bonchev–Trinajstić information content (AvgIpc) is 2.77. The van der Waals surface area contributed by atoms with Gasteiger partial charge in [0.1, 0.15) is 0 Å². The van der Waals surface area contributed by atoms with Gasteiger partial charge in [-0.2, -0.15) is 0 Å². The van der Waals surface area contributed by atoms with E-state index in [1.165, 1.54) is 57.8 Å².